The summed E-state index contributed by atoms with van der Waals surface area (Å²) in [6, 6.07) is 6.78. The maximum absolute atomic E-state index is 11.7. The normalized spacial score (nSPS) is 9.88. The Bertz CT molecular complexity index is 388. The highest BCUT2D eigenvalue weighted by molar-refractivity contribution is 6.07. The molecule has 0 aromatic heterocycles. The van der Waals surface area contributed by atoms with Crippen molar-refractivity contribution in [3.05, 3.63) is 35.4 Å². The fraction of sp³-hybridized carbons (Fsp3) is 0.333. The molecule has 0 aliphatic carbocycles. The lowest BCUT2D eigenvalue weighted by atomic mass is 10.0. The molecule has 0 fully saturated rings. The average Bonchev–Trinajstić information content (AvgIpc) is 2.29. The zero-order valence-electron chi connectivity index (χ0n) is 9.32. The Hall–Kier alpha value is -1.68. The predicted molar refractivity (Wildman–Crippen MR) is 62.5 cm³/mol. The fourth-order valence-electron chi connectivity index (χ4n) is 1.39. The van der Waals surface area contributed by atoms with Crippen LogP contribution in [0.2, 0.25) is 0 Å². The van der Waals surface area contributed by atoms with Crippen LogP contribution in [0.15, 0.2) is 24.3 Å². The molecule has 0 atom stereocenters. The highest BCUT2D eigenvalue weighted by Gasteiger charge is 2.12. The van der Waals surface area contributed by atoms with Crippen LogP contribution >= 0.6 is 0 Å². The first kappa shape index (κ1) is 12.4. The number of carbonyl (C=O) groups excluding carboxylic acids is 2. The number of hydrogen-bond donors (Lipinski definition) is 2. The second-order valence-electron chi connectivity index (χ2n) is 3.50. The molecule has 0 spiro atoms. The van der Waals surface area contributed by atoms with E-state index >= 15 is 0 Å². The third kappa shape index (κ3) is 3.17. The molecule has 0 heterocycles. The van der Waals surface area contributed by atoms with Crippen LogP contribution in [0, 0.1) is 0 Å². The SMILES string of the molecule is CC(=O)c1ccccc1C(=O)NCCCN. The first-order valence-corrected chi connectivity index (χ1v) is 5.25. The molecule has 0 aliphatic rings. The summed E-state index contributed by atoms with van der Waals surface area (Å²) in [6.07, 6.45) is 0.730. The van der Waals surface area contributed by atoms with Crippen molar-refractivity contribution in [3.63, 3.8) is 0 Å². The number of amides is 1. The molecule has 1 rings (SSSR count). The summed E-state index contributed by atoms with van der Waals surface area (Å²) in [4.78, 5) is 23.0. The molecule has 1 aromatic carbocycles. The molecular weight excluding hydrogens is 204 g/mol. The fourth-order valence-corrected chi connectivity index (χ4v) is 1.39. The van der Waals surface area contributed by atoms with Crippen molar-refractivity contribution in [2.24, 2.45) is 5.73 Å². The van der Waals surface area contributed by atoms with Gasteiger partial charge in [0.25, 0.3) is 5.91 Å². The van der Waals surface area contributed by atoms with Crippen LogP contribution in [0.5, 0.6) is 0 Å². The number of Topliss-reactive ketones (excluding diaryl/α,β-unsaturated/α-hetero) is 1. The highest BCUT2D eigenvalue weighted by Crippen LogP contribution is 2.09. The third-order valence-electron chi connectivity index (χ3n) is 2.22. The summed E-state index contributed by atoms with van der Waals surface area (Å²) in [6.45, 7) is 2.52. The Kier molecular flexibility index (Phi) is 4.66. The van der Waals surface area contributed by atoms with Crippen LogP contribution in [0.3, 0.4) is 0 Å². The Balaban J connectivity index is 2.78. The van der Waals surface area contributed by atoms with E-state index < -0.39 is 0 Å². The van der Waals surface area contributed by atoms with Crippen LogP contribution in [-0.4, -0.2) is 24.8 Å². The average molecular weight is 220 g/mol. The second-order valence-corrected chi connectivity index (χ2v) is 3.50. The first-order chi connectivity index (χ1) is 7.66. The van der Waals surface area contributed by atoms with Crippen molar-refractivity contribution >= 4 is 11.7 Å². The van der Waals surface area contributed by atoms with Crippen molar-refractivity contribution in [3.8, 4) is 0 Å². The van der Waals surface area contributed by atoms with Gasteiger partial charge in [-0.15, -0.1) is 0 Å². The van der Waals surface area contributed by atoms with Crippen molar-refractivity contribution < 1.29 is 9.59 Å². The van der Waals surface area contributed by atoms with Gasteiger partial charge in [0.15, 0.2) is 5.78 Å². The molecule has 0 saturated carbocycles. The van der Waals surface area contributed by atoms with Gasteiger partial charge in [-0.05, 0) is 26.0 Å². The molecule has 0 aliphatic heterocycles. The number of hydrogen-bond acceptors (Lipinski definition) is 3. The summed E-state index contributed by atoms with van der Waals surface area (Å²) < 4.78 is 0. The monoisotopic (exact) mass is 220 g/mol. The number of rotatable bonds is 5. The van der Waals surface area contributed by atoms with Gasteiger partial charge in [0.1, 0.15) is 0 Å². The smallest absolute Gasteiger partial charge is 0.252 e. The van der Waals surface area contributed by atoms with Crippen molar-refractivity contribution in [2.45, 2.75) is 13.3 Å². The largest absolute Gasteiger partial charge is 0.352 e. The molecule has 86 valence electrons. The molecule has 4 heteroatoms. The Morgan fingerprint density at radius 3 is 2.44 bits per heavy atom. The lowest BCUT2D eigenvalue weighted by molar-refractivity contribution is 0.0938. The van der Waals surface area contributed by atoms with Gasteiger partial charge in [0.05, 0.1) is 5.56 Å². The lowest BCUT2D eigenvalue weighted by Crippen LogP contribution is -2.27. The van der Waals surface area contributed by atoms with Gasteiger partial charge in [-0.3, -0.25) is 9.59 Å². The number of benzene rings is 1. The minimum Gasteiger partial charge on any atom is -0.352 e. The minimum atomic E-state index is -0.223. The van der Waals surface area contributed by atoms with Crippen LogP contribution < -0.4 is 11.1 Å². The molecule has 3 N–H and O–H groups in total. The van der Waals surface area contributed by atoms with Crippen molar-refractivity contribution in [2.75, 3.05) is 13.1 Å². The maximum atomic E-state index is 11.7. The number of nitrogens with two attached hydrogens (primary N) is 1. The van der Waals surface area contributed by atoms with E-state index in [9.17, 15) is 9.59 Å². The summed E-state index contributed by atoms with van der Waals surface area (Å²) in [5.41, 5.74) is 6.20. The standard InChI is InChI=1S/C12H16N2O2/c1-9(15)10-5-2-3-6-11(10)12(16)14-8-4-7-13/h2-3,5-6H,4,7-8,13H2,1H3,(H,14,16). The predicted octanol–water partition coefficient (Wildman–Crippen LogP) is 0.968. The lowest BCUT2D eigenvalue weighted by Gasteiger charge is -2.07. The molecule has 0 radical (unpaired) electrons. The molecule has 1 aromatic rings. The summed E-state index contributed by atoms with van der Waals surface area (Å²) in [5.74, 6) is -0.330. The molecule has 0 saturated heterocycles. The van der Waals surface area contributed by atoms with E-state index in [0.717, 1.165) is 6.42 Å². The van der Waals surface area contributed by atoms with Crippen LogP contribution in [0.1, 0.15) is 34.1 Å². The number of nitrogens with one attached hydrogen (secondary N) is 1. The van der Waals surface area contributed by atoms with Gasteiger partial charge < -0.3 is 11.1 Å². The number of carbonyl (C=O) groups is 2. The van der Waals surface area contributed by atoms with Crippen molar-refractivity contribution in [1.29, 1.82) is 0 Å². The molecule has 0 bridgehead atoms. The highest BCUT2D eigenvalue weighted by atomic mass is 16.2. The molecule has 0 unspecified atom stereocenters. The van der Waals surface area contributed by atoms with E-state index in [1.165, 1.54) is 6.92 Å². The van der Waals surface area contributed by atoms with Gasteiger partial charge >= 0.3 is 0 Å². The van der Waals surface area contributed by atoms with Gasteiger partial charge in [0, 0.05) is 12.1 Å². The van der Waals surface area contributed by atoms with E-state index in [1.54, 1.807) is 24.3 Å². The Morgan fingerprint density at radius 1 is 1.25 bits per heavy atom. The zero-order valence-corrected chi connectivity index (χ0v) is 9.32. The van der Waals surface area contributed by atoms with E-state index in [4.69, 9.17) is 5.73 Å². The molecule has 4 nitrogen and oxygen atoms in total. The summed E-state index contributed by atoms with van der Waals surface area (Å²) in [5, 5.41) is 2.72. The quantitative estimate of drug-likeness (QED) is 0.573. The van der Waals surface area contributed by atoms with E-state index in [2.05, 4.69) is 5.32 Å². The Morgan fingerprint density at radius 2 is 1.88 bits per heavy atom. The Labute approximate surface area is 94.8 Å². The molecular formula is C12H16N2O2. The molecule has 1 amide bonds. The van der Waals surface area contributed by atoms with Crippen molar-refractivity contribution in [1.82, 2.24) is 5.32 Å². The summed E-state index contributed by atoms with van der Waals surface area (Å²) >= 11 is 0. The summed E-state index contributed by atoms with van der Waals surface area (Å²) in [7, 11) is 0. The molecule has 16 heavy (non-hydrogen) atoms. The van der Waals surface area contributed by atoms with Gasteiger partial charge in [-0.25, -0.2) is 0 Å². The van der Waals surface area contributed by atoms with Gasteiger partial charge in [-0.2, -0.15) is 0 Å². The van der Waals surface area contributed by atoms with Gasteiger partial charge in [-0.1, -0.05) is 18.2 Å². The minimum absolute atomic E-state index is 0.107. The van der Waals surface area contributed by atoms with Gasteiger partial charge in [0.2, 0.25) is 0 Å². The third-order valence-corrected chi connectivity index (χ3v) is 2.22. The van der Waals surface area contributed by atoms with Crippen LogP contribution in [0.4, 0.5) is 0 Å². The maximum Gasteiger partial charge on any atom is 0.252 e. The number of ketones is 1. The van der Waals surface area contributed by atoms with E-state index in [1.807, 2.05) is 0 Å². The van der Waals surface area contributed by atoms with E-state index in [-0.39, 0.29) is 11.7 Å². The first-order valence-electron chi connectivity index (χ1n) is 5.25. The van der Waals surface area contributed by atoms with Crippen LogP contribution in [-0.2, 0) is 0 Å². The van der Waals surface area contributed by atoms with Crippen LogP contribution in [0.25, 0.3) is 0 Å². The second kappa shape index (κ2) is 6.02. The topological polar surface area (TPSA) is 72.2 Å². The van der Waals surface area contributed by atoms with E-state index in [0.29, 0.717) is 24.2 Å². The zero-order chi connectivity index (χ0) is 12.0.